The van der Waals surface area contributed by atoms with Crippen molar-refractivity contribution >= 4 is 40.0 Å². The lowest BCUT2D eigenvalue weighted by atomic mass is 9.80. The number of anilines is 1. The van der Waals surface area contributed by atoms with Crippen LogP contribution >= 0.6 is 11.6 Å². The van der Waals surface area contributed by atoms with E-state index in [1.165, 1.54) is 5.56 Å². The number of fused-ring (bicyclic) bond motifs is 2. The Morgan fingerprint density at radius 1 is 1.36 bits per heavy atom. The Morgan fingerprint density at radius 3 is 2.82 bits per heavy atom. The predicted octanol–water partition coefficient (Wildman–Crippen LogP) is 6.00. The molecule has 0 radical (unpaired) electrons. The summed E-state index contributed by atoms with van der Waals surface area (Å²) in [6.07, 6.45) is 2.89. The molecule has 0 saturated carbocycles. The van der Waals surface area contributed by atoms with E-state index in [1.807, 2.05) is 36.4 Å². The van der Waals surface area contributed by atoms with E-state index in [-0.39, 0.29) is 5.54 Å². The maximum absolute atomic E-state index is 9.73. The highest BCUT2D eigenvalue weighted by Crippen LogP contribution is 2.44. The summed E-state index contributed by atoms with van der Waals surface area (Å²) < 4.78 is 0. The Balaban J connectivity index is 1.81. The highest BCUT2D eigenvalue weighted by molar-refractivity contribution is 6.32. The number of nitriles is 1. The van der Waals surface area contributed by atoms with Gasteiger partial charge in [-0.2, -0.15) is 5.26 Å². The largest absolute Gasteiger partial charge is 0.369 e. The van der Waals surface area contributed by atoms with Gasteiger partial charge in [-0.05, 0) is 67.7 Å². The zero-order valence-corrected chi connectivity index (χ0v) is 17.3. The van der Waals surface area contributed by atoms with Crippen LogP contribution in [0.3, 0.4) is 0 Å². The van der Waals surface area contributed by atoms with Crippen LogP contribution < -0.4 is 4.90 Å². The van der Waals surface area contributed by atoms with E-state index in [2.05, 4.69) is 54.8 Å². The maximum atomic E-state index is 9.73. The Bertz CT molecular complexity index is 1100. The molecule has 2 aromatic carbocycles. The second-order valence-corrected chi connectivity index (χ2v) is 8.59. The Labute approximate surface area is 170 Å². The van der Waals surface area contributed by atoms with E-state index in [9.17, 15) is 5.26 Å². The number of allylic oxidation sites excluding steroid dienone is 1. The summed E-state index contributed by atoms with van der Waals surface area (Å²) in [5.41, 5.74) is 5.57. The van der Waals surface area contributed by atoms with Crippen molar-refractivity contribution in [1.82, 2.24) is 9.97 Å². The van der Waals surface area contributed by atoms with E-state index in [0.717, 1.165) is 28.7 Å². The molecule has 5 heteroatoms. The zero-order valence-electron chi connectivity index (χ0n) is 16.5. The summed E-state index contributed by atoms with van der Waals surface area (Å²) >= 11 is 6.62. The molecule has 0 spiro atoms. The SMILES string of the molecule is C[C@@H]1CC(C)(C)N(C)c2cc(Cl)c(/C=C(/C#N)c3nc4ccccc4[nH]3)cc21. The first-order valence-electron chi connectivity index (χ1n) is 9.44. The molecule has 1 aliphatic rings. The molecule has 1 atom stereocenters. The lowest BCUT2D eigenvalue weighted by molar-refractivity contribution is 0.395. The summed E-state index contributed by atoms with van der Waals surface area (Å²) in [7, 11) is 2.12. The molecule has 2 heterocycles. The van der Waals surface area contributed by atoms with Crippen LogP contribution in [0.4, 0.5) is 5.69 Å². The fourth-order valence-corrected chi connectivity index (χ4v) is 4.32. The first kappa shape index (κ1) is 18.6. The van der Waals surface area contributed by atoms with Crippen molar-refractivity contribution < 1.29 is 0 Å². The number of aromatic nitrogens is 2. The third-order valence-corrected chi connectivity index (χ3v) is 6.14. The first-order chi connectivity index (χ1) is 13.3. The van der Waals surface area contributed by atoms with Gasteiger partial charge in [-0.15, -0.1) is 0 Å². The molecule has 0 aliphatic carbocycles. The summed E-state index contributed by atoms with van der Waals surface area (Å²) in [6.45, 7) is 6.76. The standard InChI is InChI=1S/C23H23ClN4/c1-14-12-23(2,3)28(4)21-11-18(24)15(10-17(14)21)9-16(13-25)22-26-19-7-5-6-8-20(19)27-22/h5-11,14H,12H2,1-4H3,(H,26,27)/b16-9-/t14-/m1/s1. The molecule has 0 saturated heterocycles. The number of nitrogens with zero attached hydrogens (tertiary/aromatic N) is 3. The van der Waals surface area contributed by atoms with E-state index in [1.54, 1.807) is 0 Å². The average molecular weight is 391 g/mol. The van der Waals surface area contributed by atoms with Crippen molar-refractivity contribution in [2.24, 2.45) is 0 Å². The highest BCUT2D eigenvalue weighted by atomic mass is 35.5. The van der Waals surface area contributed by atoms with Crippen LogP contribution in [-0.4, -0.2) is 22.6 Å². The molecule has 0 fully saturated rings. The molecule has 28 heavy (non-hydrogen) atoms. The lowest BCUT2D eigenvalue weighted by Gasteiger charge is -2.45. The maximum Gasteiger partial charge on any atom is 0.149 e. The number of para-hydroxylation sites is 2. The average Bonchev–Trinajstić information content (AvgIpc) is 3.08. The van der Waals surface area contributed by atoms with Crippen LogP contribution in [0.15, 0.2) is 36.4 Å². The van der Waals surface area contributed by atoms with Crippen molar-refractivity contribution in [3.63, 3.8) is 0 Å². The van der Waals surface area contributed by atoms with Crippen LogP contribution in [0.25, 0.3) is 22.7 Å². The number of nitrogens with one attached hydrogen (secondary N) is 1. The van der Waals surface area contributed by atoms with Crippen molar-refractivity contribution in [2.75, 3.05) is 11.9 Å². The van der Waals surface area contributed by atoms with Crippen LogP contribution in [0, 0.1) is 11.3 Å². The smallest absolute Gasteiger partial charge is 0.149 e. The second kappa shape index (κ2) is 6.68. The van der Waals surface area contributed by atoms with Gasteiger partial charge in [-0.1, -0.05) is 30.7 Å². The number of aromatic amines is 1. The van der Waals surface area contributed by atoms with Gasteiger partial charge < -0.3 is 9.88 Å². The second-order valence-electron chi connectivity index (χ2n) is 8.18. The third kappa shape index (κ3) is 3.06. The number of hydrogen-bond acceptors (Lipinski definition) is 3. The number of halogens is 1. The molecule has 1 aliphatic heterocycles. The Morgan fingerprint density at radius 2 is 2.11 bits per heavy atom. The van der Waals surface area contributed by atoms with E-state index < -0.39 is 0 Å². The van der Waals surface area contributed by atoms with Crippen molar-refractivity contribution in [1.29, 1.82) is 5.26 Å². The molecule has 0 amide bonds. The molecule has 4 rings (SSSR count). The molecular weight excluding hydrogens is 368 g/mol. The minimum Gasteiger partial charge on any atom is -0.369 e. The van der Waals surface area contributed by atoms with Gasteiger partial charge in [-0.3, -0.25) is 0 Å². The van der Waals surface area contributed by atoms with Gasteiger partial charge in [0, 0.05) is 23.3 Å². The quantitative estimate of drug-likeness (QED) is 0.545. The van der Waals surface area contributed by atoms with Crippen molar-refractivity contribution in [3.05, 3.63) is 58.4 Å². The van der Waals surface area contributed by atoms with Gasteiger partial charge in [-0.25, -0.2) is 4.98 Å². The number of hydrogen-bond donors (Lipinski definition) is 1. The monoisotopic (exact) mass is 390 g/mol. The van der Waals surface area contributed by atoms with Gasteiger partial charge in [0.2, 0.25) is 0 Å². The van der Waals surface area contributed by atoms with Crippen LogP contribution in [-0.2, 0) is 0 Å². The fraction of sp³-hybridized carbons (Fsp3) is 0.304. The Kier molecular flexibility index (Phi) is 4.44. The topological polar surface area (TPSA) is 55.7 Å². The molecule has 4 nitrogen and oxygen atoms in total. The molecule has 3 aromatic rings. The molecule has 1 aromatic heterocycles. The van der Waals surface area contributed by atoms with Gasteiger partial charge in [0.05, 0.1) is 16.6 Å². The number of imidazole rings is 1. The molecule has 1 N–H and O–H groups in total. The lowest BCUT2D eigenvalue weighted by Crippen LogP contribution is -2.45. The van der Waals surface area contributed by atoms with Gasteiger partial charge in [0.25, 0.3) is 0 Å². The zero-order chi connectivity index (χ0) is 20.1. The van der Waals surface area contributed by atoms with Crippen molar-refractivity contribution in [3.8, 4) is 6.07 Å². The van der Waals surface area contributed by atoms with E-state index in [4.69, 9.17) is 11.6 Å². The van der Waals surface area contributed by atoms with Gasteiger partial charge in [0.15, 0.2) is 0 Å². The van der Waals surface area contributed by atoms with E-state index >= 15 is 0 Å². The normalized spacial score (nSPS) is 18.8. The minimum absolute atomic E-state index is 0.0825. The molecule has 0 bridgehead atoms. The van der Waals surface area contributed by atoms with Gasteiger partial charge in [0.1, 0.15) is 11.9 Å². The van der Waals surface area contributed by atoms with Gasteiger partial charge >= 0.3 is 0 Å². The first-order valence-corrected chi connectivity index (χ1v) is 9.82. The Hall–Kier alpha value is -2.77. The number of benzene rings is 2. The van der Waals surface area contributed by atoms with E-state index in [0.29, 0.717) is 22.3 Å². The summed E-state index contributed by atoms with van der Waals surface area (Å²) in [5, 5.41) is 10.4. The fourth-order valence-electron chi connectivity index (χ4n) is 4.10. The van der Waals surface area contributed by atoms with Crippen molar-refractivity contribution in [2.45, 2.75) is 38.6 Å². The van der Waals surface area contributed by atoms with Crippen LogP contribution in [0.1, 0.15) is 50.1 Å². The highest BCUT2D eigenvalue weighted by Gasteiger charge is 2.34. The third-order valence-electron chi connectivity index (χ3n) is 5.82. The summed E-state index contributed by atoms with van der Waals surface area (Å²) in [4.78, 5) is 10.1. The number of rotatable bonds is 2. The molecular formula is C23H23ClN4. The van der Waals surface area contributed by atoms with Crippen LogP contribution in [0.5, 0.6) is 0 Å². The molecule has 0 unspecified atom stereocenters. The molecule has 142 valence electrons. The minimum atomic E-state index is 0.0825. The van der Waals surface area contributed by atoms with Crippen LogP contribution in [0.2, 0.25) is 5.02 Å². The summed E-state index contributed by atoms with van der Waals surface area (Å²) in [6, 6.07) is 14.2. The predicted molar refractivity (Wildman–Crippen MR) is 117 cm³/mol. The number of H-pyrrole nitrogens is 1. The summed E-state index contributed by atoms with van der Waals surface area (Å²) in [5.74, 6) is 0.978.